The van der Waals surface area contributed by atoms with Gasteiger partial charge in [-0.15, -0.1) is 0 Å². The zero-order chi connectivity index (χ0) is 20.4. The fourth-order valence-corrected chi connectivity index (χ4v) is 3.31. The van der Waals surface area contributed by atoms with Gasteiger partial charge < -0.3 is 10.4 Å². The van der Waals surface area contributed by atoms with E-state index in [1.807, 2.05) is 36.4 Å². The molecule has 1 aliphatic rings. The van der Waals surface area contributed by atoms with Crippen LogP contribution in [0.15, 0.2) is 65.5 Å². The van der Waals surface area contributed by atoms with E-state index < -0.39 is 11.9 Å². The smallest absolute Gasteiger partial charge is 0.328 e. The Kier molecular flexibility index (Phi) is 4.78. The molecular weight excluding hydrogens is 370 g/mol. The molecule has 7 heteroatoms. The van der Waals surface area contributed by atoms with Crippen molar-refractivity contribution >= 4 is 40.1 Å². The summed E-state index contributed by atoms with van der Waals surface area (Å²) in [5.41, 5.74) is 2.80. The Morgan fingerprint density at radius 1 is 1.10 bits per heavy atom. The molecule has 29 heavy (non-hydrogen) atoms. The third kappa shape index (κ3) is 3.84. The van der Waals surface area contributed by atoms with Crippen LogP contribution in [-0.4, -0.2) is 26.5 Å². The second kappa shape index (κ2) is 7.55. The summed E-state index contributed by atoms with van der Waals surface area (Å²) in [5.74, 6) is -1.16. The fourth-order valence-electron chi connectivity index (χ4n) is 3.31. The number of nitrogens with one attached hydrogen (secondary N) is 1. The molecule has 1 aliphatic heterocycles. The summed E-state index contributed by atoms with van der Waals surface area (Å²) < 4.78 is 1.67. The first-order valence-corrected chi connectivity index (χ1v) is 9.04. The number of rotatable bonds is 4. The molecule has 1 amide bonds. The maximum atomic E-state index is 12.9. The summed E-state index contributed by atoms with van der Waals surface area (Å²) in [6.07, 6.45) is 4.43. The lowest BCUT2D eigenvalue weighted by atomic mass is 10.1. The minimum absolute atomic E-state index is 0.120. The first-order valence-electron chi connectivity index (χ1n) is 9.04. The van der Waals surface area contributed by atoms with Crippen molar-refractivity contribution in [2.75, 3.05) is 5.32 Å². The van der Waals surface area contributed by atoms with Crippen LogP contribution in [0, 0.1) is 0 Å². The average Bonchev–Trinajstić information content (AvgIpc) is 3.10. The number of aliphatic carboxylic acids is 1. The van der Waals surface area contributed by atoms with Crippen LogP contribution < -0.4 is 10.9 Å². The van der Waals surface area contributed by atoms with Crippen molar-refractivity contribution in [2.45, 2.75) is 13.0 Å². The molecule has 0 aliphatic carbocycles. The van der Waals surface area contributed by atoms with Crippen LogP contribution in [0.4, 0.5) is 5.69 Å². The third-order valence-corrected chi connectivity index (χ3v) is 4.63. The van der Waals surface area contributed by atoms with Crippen LogP contribution in [0.5, 0.6) is 0 Å². The largest absolute Gasteiger partial charge is 0.478 e. The van der Waals surface area contributed by atoms with E-state index in [9.17, 15) is 14.4 Å². The van der Waals surface area contributed by atoms with Crippen molar-refractivity contribution in [3.05, 3.63) is 82.4 Å². The first-order chi connectivity index (χ1) is 14.0. The van der Waals surface area contributed by atoms with Crippen molar-refractivity contribution in [2.24, 2.45) is 0 Å². The Hall–Kier alpha value is -4.00. The molecule has 1 aromatic heterocycles. The normalized spacial score (nSPS) is 14.4. The first kappa shape index (κ1) is 18.4. The highest BCUT2D eigenvalue weighted by Crippen LogP contribution is 2.28. The maximum absolute atomic E-state index is 12.9. The van der Waals surface area contributed by atoms with Crippen molar-refractivity contribution in [1.82, 2.24) is 9.55 Å². The lowest BCUT2D eigenvalue weighted by Crippen LogP contribution is -2.21. The Balaban J connectivity index is 1.72. The van der Waals surface area contributed by atoms with E-state index in [1.54, 1.807) is 22.8 Å². The minimum atomic E-state index is -1.21. The monoisotopic (exact) mass is 387 g/mol. The number of carbonyl (C=O) groups is 2. The van der Waals surface area contributed by atoms with Crippen LogP contribution in [0.3, 0.4) is 0 Å². The van der Waals surface area contributed by atoms with Gasteiger partial charge in [0.15, 0.2) is 0 Å². The molecule has 0 atom stereocenters. The van der Waals surface area contributed by atoms with Crippen LogP contribution in [0.1, 0.15) is 17.8 Å². The zero-order valence-corrected chi connectivity index (χ0v) is 15.3. The maximum Gasteiger partial charge on any atom is 0.328 e. The molecule has 0 saturated heterocycles. The number of hydrogen-bond acceptors (Lipinski definition) is 4. The molecule has 0 saturated carbocycles. The van der Waals surface area contributed by atoms with E-state index >= 15 is 0 Å². The molecule has 2 heterocycles. The van der Waals surface area contributed by atoms with E-state index in [0.29, 0.717) is 29.0 Å². The number of aromatic nitrogens is 2. The lowest BCUT2D eigenvalue weighted by molar-refractivity contribution is -0.131. The Labute approximate surface area is 165 Å². The van der Waals surface area contributed by atoms with Crippen molar-refractivity contribution in [3.8, 4) is 0 Å². The van der Waals surface area contributed by atoms with Gasteiger partial charge in [-0.05, 0) is 41.8 Å². The minimum Gasteiger partial charge on any atom is -0.478 e. The standard InChI is InChI=1S/C22H17N3O4/c26-19(8-9-20(27)28)23-16-6-7-17-18(13-16)24-21-15(10-11-25(21)22(17)29)12-14-4-2-1-3-5-14/h1-9,12-13H,10-11H2,(H,23,26)(H,27,28)/b9-8-,15-12+. The van der Waals surface area contributed by atoms with Crippen molar-refractivity contribution < 1.29 is 14.7 Å². The number of fused-ring (bicyclic) bond motifs is 2. The van der Waals surface area contributed by atoms with Gasteiger partial charge in [0.1, 0.15) is 5.82 Å². The van der Waals surface area contributed by atoms with Crippen LogP contribution >= 0.6 is 0 Å². The number of nitrogens with zero attached hydrogens (tertiary/aromatic N) is 2. The van der Waals surface area contributed by atoms with E-state index in [2.05, 4.69) is 10.3 Å². The van der Waals surface area contributed by atoms with Gasteiger partial charge in [-0.2, -0.15) is 0 Å². The molecule has 0 bridgehead atoms. The summed E-state index contributed by atoms with van der Waals surface area (Å²) in [7, 11) is 0. The highest BCUT2D eigenvalue weighted by Gasteiger charge is 2.21. The Bertz CT molecular complexity index is 1240. The van der Waals surface area contributed by atoms with Gasteiger partial charge >= 0.3 is 5.97 Å². The van der Waals surface area contributed by atoms with E-state index in [4.69, 9.17) is 5.11 Å². The van der Waals surface area contributed by atoms with Gasteiger partial charge in [0.2, 0.25) is 5.91 Å². The number of anilines is 1. The number of carbonyl (C=O) groups excluding carboxylic acids is 1. The number of amides is 1. The van der Waals surface area contributed by atoms with Crippen molar-refractivity contribution in [3.63, 3.8) is 0 Å². The van der Waals surface area contributed by atoms with Crippen LogP contribution in [-0.2, 0) is 16.1 Å². The van der Waals surface area contributed by atoms with E-state index in [1.165, 1.54) is 0 Å². The molecule has 0 fully saturated rings. The second-order valence-electron chi connectivity index (χ2n) is 6.62. The molecule has 7 nitrogen and oxygen atoms in total. The van der Waals surface area contributed by atoms with Crippen LogP contribution in [0.2, 0.25) is 0 Å². The fraction of sp³-hybridized carbons (Fsp3) is 0.0909. The quantitative estimate of drug-likeness (QED) is 0.671. The molecule has 2 aromatic carbocycles. The second-order valence-corrected chi connectivity index (χ2v) is 6.62. The lowest BCUT2D eigenvalue weighted by Gasteiger charge is -2.08. The number of benzene rings is 2. The summed E-state index contributed by atoms with van der Waals surface area (Å²) in [5, 5.41) is 11.6. The molecule has 2 N–H and O–H groups in total. The average molecular weight is 387 g/mol. The van der Waals surface area contributed by atoms with Gasteiger partial charge in [-0.3, -0.25) is 14.2 Å². The molecule has 144 valence electrons. The Morgan fingerprint density at radius 2 is 1.90 bits per heavy atom. The number of carboxylic acid groups (broad SMARTS) is 1. The topological polar surface area (TPSA) is 101 Å². The molecule has 4 rings (SSSR count). The number of carboxylic acids is 1. The third-order valence-electron chi connectivity index (χ3n) is 4.63. The molecular formula is C22H17N3O4. The molecule has 0 spiro atoms. The van der Waals surface area contributed by atoms with Gasteiger partial charge in [0.05, 0.1) is 10.9 Å². The van der Waals surface area contributed by atoms with E-state index in [-0.39, 0.29) is 5.56 Å². The highest BCUT2D eigenvalue weighted by atomic mass is 16.4. The summed E-state index contributed by atoms with van der Waals surface area (Å²) in [6.45, 7) is 0.578. The van der Waals surface area contributed by atoms with Crippen LogP contribution in [0.25, 0.3) is 22.6 Å². The zero-order valence-electron chi connectivity index (χ0n) is 15.3. The van der Waals surface area contributed by atoms with E-state index in [0.717, 1.165) is 29.7 Å². The molecule has 0 unspecified atom stereocenters. The summed E-state index contributed by atoms with van der Waals surface area (Å²) in [4.78, 5) is 39.9. The number of hydrogen-bond donors (Lipinski definition) is 2. The predicted molar refractivity (Wildman–Crippen MR) is 110 cm³/mol. The summed E-state index contributed by atoms with van der Waals surface area (Å²) >= 11 is 0. The van der Waals surface area contributed by atoms with Gasteiger partial charge in [0.25, 0.3) is 5.56 Å². The van der Waals surface area contributed by atoms with Gasteiger partial charge in [-0.25, -0.2) is 9.78 Å². The SMILES string of the molecule is O=C(O)/C=C\C(=O)Nc1ccc2c(=O)n3c(nc2c1)/C(=C/c1ccccc1)CC3. The van der Waals surface area contributed by atoms with Gasteiger partial charge in [0, 0.05) is 24.4 Å². The van der Waals surface area contributed by atoms with Gasteiger partial charge in [-0.1, -0.05) is 30.3 Å². The predicted octanol–water partition coefficient (Wildman–Crippen LogP) is 2.92. The Morgan fingerprint density at radius 3 is 2.66 bits per heavy atom. The van der Waals surface area contributed by atoms with Crippen molar-refractivity contribution in [1.29, 1.82) is 0 Å². The summed E-state index contributed by atoms with van der Waals surface area (Å²) in [6, 6.07) is 14.7. The molecule has 0 radical (unpaired) electrons. The number of allylic oxidation sites excluding steroid dienone is 1. The highest BCUT2D eigenvalue weighted by molar-refractivity contribution is 6.03. The molecule has 3 aromatic rings.